The third kappa shape index (κ3) is 2.85. The summed E-state index contributed by atoms with van der Waals surface area (Å²) in [6.07, 6.45) is 3.21. The molecule has 0 radical (unpaired) electrons. The van der Waals surface area contributed by atoms with Gasteiger partial charge < -0.3 is 10.3 Å². The summed E-state index contributed by atoms with van der Waals surface area (Å²) in [5.74, 6) is 0.0557. The minimum atomic E-state index is 0.0557. The van der Waals surface area contributed by atoms with Gasteiger partial charge in [0.05, 0.1) is 6.42 Å². The van der Waals surface area contributed by atoms with Gasteiger partial charge in [0, 0.05) is 28.2 Å². The van der Waals surface area contributed by atoms with Crippen molar-refractivity contribution in [3.63, 3.8) is 0 Å². The first-order valence-corrected chi connectivity index (χ1v) is 6.52. The third-order valence-corrected chi connectivity index (χ3v) is 3.34. The molecule has 0 fully saturated rings. The lowest BCUT2D eigenvalue weighted by Gasteiger charge is -2.10. The first kappa shape index (κ1) is 13.0. The van der Waals surface area contributed by atoms with Crippen molar-refractivity contribution in [1.82, 2.24) is 10.3 Å². The standard InChI is InChI=1S/C14H17ClN2O/c1-3-9(2)17-14(18)6-10-8-16-13-7-11(15)4-5-12(10)13/h4-5,7-9,16H,3,6H2,1-2H3,(H,17,18). The molecule has 96 valence electrons. The van der Waals surface area contributed by atoms with Crippen LogP contribution in [0.25, 0.3) is 10.9 Å². The summed E-state index contributed by atoms with van der Waals surface area (Å²) in [6, 6.07) is 5.87. The van der Waals surface area contributed by atoms with Crippen LogP contribution in [0.2, 0.25) is 5.02 Å². The fourth-order valence-corrected chi connectivity index (χ4v) is 2.08. The lowest BCUT2D eigenvalue weighted by atomic mass is 10.1. The van der Waals surface area contributed by atoms with E-state index in [9.17, 15) is 4.79 Å². The number of fused-ring (bicyclic) bond motifs is 1. The Balaban J connectivity index is 2.15. The average molecular weight is 265 g/mol. The third-order valence-electron chi connectivity index (χ3n) is 3.10. The van der Waals surface area contributed by atoms with Crippen LogP contribution >= 0.6 is 11.6 Å². The predicted molar refractivity (Wildman–Crippen MR) is 74.9 cm³/mol. The normalized spacial score (nSPS) is 12.6. The Hall–Kier alpha value is -1.48. The predicted octanol–water partition coefficient (Wildman–Crippen LogP) is 3.28. The van der Waals surface area contributed by atoms with Gasteiger partial charge in [-0.1, -0.05) is 24.6 Å². The highest BCUT2D eigenvalue weighted by Gasteiger charge is 2.10. The van der Waals surface area contributed by atoms with E-state index in [1.54, 1.807) is 0 Å². The number of carbonyl (C=O) groups excluding carboxylic acids is 1. The Morgan fingerprint density at radius 3 is 3.00 bits per heavy atom. The van der Waals surface area contributed by atoms with Crippen LogP contribution < -0.4 is 5.32 Å². The molecule has 0 bridgehead atoms. The smallest absolute Gasteiger partial charge is 0.224 e. The summed E-state index contributed by atoms with van der Waals surface area (Å²) >= 11 is 5.92. The molecule has 1 aromatic carbocycles. The molecule has 3 nitrogen and oxygen atoms in total. The Labute approximate surface area is 112 Å². The van der Waals surface area contributed by atoms with Crippen molar-refractivity contribution in [2.75, 3.05) is 0 Å². The molecule has 0 spiro atoms. The van der Waals surface area contributed by atoms with E-state index in [1.165, 1.54) is 0 Å². The number of rotatable bonds is 4. The van der Waals surface area contributed by atoms with Gasteiger partial charge in [0.15, 0.2) is 0 Å². The van der Waals surface area contributed by atoms with Gasteiger partial charge in [-0.3, -0.25) is 4.79 Å². The summed E-state index contributed by atoms with van der Waals surface area (Å²) in [6.45, 7) is 4.06. The number of amides is 1. The quantitative estimate of drug-likeness (QED) is 0.875. The van der Waals surface area contributed by atoms with Crippen LogP contribution in [0.5, 0.6) is 0 Å². The lowest BCUT2D eigenvalue weighted by Crippen LogP contribution is -2.33. The van der Waals surface area contributed by atoms with Gasteiger partial charge in [0.2, 0.25) is 5.91 Å². The zero-order valence-corrected chi connectivity index (χ0v) is 11.3. The molecule has 2 rings (SSSR count). The van der Waals surface area contributed by atoms with Crippen LogP contribution in [0.3, 0.4) is 0 Å². The molecule has 0 saturated heterocycles. The maximum absolute atomic E-state index is 11.8. The molecule has 18 heavy (non-hydrogen) atoms. The van der Waals surface area contributed by atoms with E-state index >= 15 is 0 Å². The summed E-state index contributed by atoms with van der Waals surface area (Å²) in [4.78, 5) is 15.0. The summed E-state index contributed by atoms with van der Waals surface area (Å²) in [5.41, 5.74) is 1.97. The molecule has 0 saturated carbocycles. The van der Waals surface area contributed by atoms with Gasteiger partial charge in [0.1, 0.15) is 0 Å². The number of nitrogens with one attached hydrogen (secondary N) is 2. The second kappa shape index (κ2) is 5.44. The molecule has 2 N–H and O–H groups in total. The highest BCUT2D eigenvalue weighted by molar-refractivity contribution is 6.31. The van der Waals surface area contributed by atoms with Gasteiger partial charge in [-0.25, -0.2) is 0 Å². The second-order valence-electron chi connectivity index (χ2n) is 4.56. The van der Waals surface area contributed by atoms with E-state index in [2.05, 4.69) is 17.2 Å². The minimum absolute atomic E-state index is 0.0557. The molecule has 1 atom stereocenters. The van der Waals surface area contributed by atoms with E-state index in [1.807, 2.05) is 31.3 Å². The van der Waals surface area contributed by atoms with Gasteiger partial charge in [0.25, 0.3) is 0 Å². The number of halogens is 1. The molecule has 1 amide bonds. The fourth-order valence-electron chi connectivity index (χ4n) is 1.91. The zero-order valence-electron chi connectivity index (χ0n) is 10.6. The van der Waals surface area contributed by atoms with Crippen molar-refractivity contribution in [1.29, 1.82) is 0 Å². The first-order chi connectivity index (χ1) is 8.60. The highest BCUT2D eigenvalue weighted by Crippen LogP contribution is 2.22. The molecule has 1 heterocycles. The molecular weight excluding hydrogens is 248 g/mol. The number of aromatic nitrogens is 1. The molecule has 1 unspecified atom stereocenters. The van der Waals surface area contributed by atoms with E-state index in [0.717, 1.165) is 22.9 Å². The Bertz CT molecular complexity index is 562. The average Bonchev–Trinajstić information content (AvgIpc) is 2.71. The first-order valence-electron chi connectivity index (χ1n) is 6.15. The lowest BCUT2D eigenvalue weighted by molar-refractivity contribution is -0.121. The summed E-state index contributed by atoms with van der Waals surface area (Å²) < 4.78 is 0. The van der Waals surface area contributed by atoms with Gasteiger partial charge in [-0.05, 0) is 31.0 Å². The van der Waals surface area contributed by atoms with Gasteiger partial charge in [-0.15, -0.1) is 0 Å². The second-order valence-corrected chi connectivity index (χ2v) is 4.99. The van der Waals surface area contributed by atoms with E-state index < -0.39 is 0 Å². The molecule has 0 aliphatic heterocycles. The largest absolute Gasteiger partial charge is 0.361 e. The van der Waals surface area contributed by atoms with Crippen molar-refractivity contribution in [2.45, 2.75) is 32.7 Å². The maximum atomic E-state index is 11.8. The summed E-state index contributed by atoms with van der Waals surface area (Å²) in [5, 5.41) is 4.71. The van der Waals surface area contributed by atoms with Crippen molar-refractivity contribution in [2.24, 2.45) is 0 Å². The molecular formula is C14H17ClN2O. The monoisotopic (exact) mass is 264 g/mol. The number of carbonyl (C=O) groups is 1. The van der Waals surface area contributed by atoms with E-state index in [0.29, 0.717) is 11.4 Å². The van der Waals surface area contributed by atoms with Crippen molar-refractivity contribution < 1.29 is 4.79 Å². The number of hydrogen-bond acceptors (Lipinski definition) is 1. The number of H-pyrrole nitrogens is 1. The molecule has 0 aliphatic rings. The van der Waals surface area contributed by atoms with Crippen molar-refractivity contribution in [3.05, 3.63) is 35.0 Å². The minimum Gasteiger partial charge on any atom is -0.361 e. The Morgan fingerprint density at radius 2 is 2.28 bits per heavy atom. The molecule has 2 aromatic rings. The number of hydrogen-bond donors (Lipinski definition) is 2. The SMILES string of the molecule is CCC(C)NC(=O)Cc1c[nH]c2cc(Cl)ccc12. The van der Waals surface area contributed by atoms with Crippen LogP contribution in [-0.4, -0.2) is 16.9 Å². The fraction of sp³-hybridized carbons (Fsp3) is 0.357. The van der Waals surface area contributed by atoms with E-state index in [4.69, 9.17) is 11.6 Å². The van der Waals surface area contributed by atoms with Gasteiger partial charge >= 0.3 is 0 Å². The van der Waals surface area contributed by atoms with Crippen LogP contribution in [0, 0.1) is 0 Å². The summed E-state index contributed by atoms with van der Waals surface area (Å²) in [7, 11) is 0. The van der Waals surface area contributed by atoms with Crippen LogP contribution in [0.15, 0.2) is 24.4 Å². The molecule has 4 heteroatoms. The topological polar surface area (TPSA) is 44.9 Å². The Morgan fingerprint density at radius 1 is 1.50 bits per heavy atom. The van der Waals surface area contributed by atoms with Crippen molar-refractivity contribution >= 4 is 28.4 Å². The molecule has 0 aliphatic carbocycles. The van der Waals surface area contributed by atoms with Crippen LogP contribution in [-0.2, 0) is 11.2 Å². The highest BCUT2D eigenvalue weighted by atomic mass is 35.5. The van der Waals surface area contributed by atoms with Gasteiger partial charge in [-0.2, -0.15) is 0 Å². The van der Waals surface area contributed by atoms with E-state index in [-0.39, 0.29) is 11.9 Å². The van der Waals surface area contributed by atoms with Crippen LogP contribution in [0.1, 0.15) is 25.8 Å². The van der Waals surface area contributed by atoms with Crippen LogP contribution in [0.4, 0.5) is 0 Å². The number of aromatic amines is 1. The maximum Gasteiger partial charge on any atom is 0.224 e. The molecule has 1 aromatic heterocycles. The number of benzene rings is 1. The zero-order chi connectivity index (χ0) is 13.1. The van der Waals surface area contributed by atoms with Crippen molar-refractivity contribution in [3.8, 4) is 0 Å². The Kier molecular flexibility index (Phi) is 3.92.